The zero-order valence-electron chi connectivity index (χ0n) is 12.7. The summed E-state index contributed by atoms with van der Waals surface area (Å²) in [5.41, 5.74) is 2.24. The quantitative estimate of drug-likeness (QED) is 0.633. The molecule has 1 aromatic heterocycles. The fraction of sp³-hybridized carbons (Fsp3) is 0.294. The zero-order chi connectivity index (χ0) is 15.5. The van der Waals surface area contributed by atoms with Gasteiger partial charge in [-0.3, -0.25) is 9.36 Å². The topological polar surface area (TPSA) is 34.9 Å². The van der Waals surface area contributed by atoms with Gasteiger partial charge in [0.2, 0.25) is 0 Å². The van der Waals surface area contributed by atoms with E-state index in [0.29, 0.717) is 5.25 Å². The minimum atomic E-state index is 0.0916. The molecule has 0 amide bonds. The first-order chi connectivity index (χ1) is 10.6. The van der Waals surface area contributed by atoms with E-state index in [4.69, 9.17) is 0 Å². The van der Waals surface area contributed by atoms with Gasteiger partial charge in [-0.05, 0) is 5.56 Å². The molecule has 0 N–H and O–H groups in total. The molecule has 1 atom stereocenters. The first-order valence-corrected chi connectivity index (χ1v) is 9.12. The van der Waals surface area contributed by atoms with Gasteiger partial charge >= 0.3 is 0 Å². The molecular formula is C17H18N2OS2. The molecule has 0 saturated heterocycles. The van der Waals surface area contributed by atoms with Gasteiger partial charge < -0.3 is 0 Å². The molecular weight excluding hydrogens is 312 g/mol. The zero-order valence-corrected chi connectivity index (χ0v) is 14.3. The Labute approximate surface area is 138 Å². The highest BCUT2D eigenvalue weighted by atomic mass is 32.2. The first-order valence-electron chi connectivity index (χ1n) is 7.26. The third kappa shape index (κ3) is 3.31. The van der Waals surface area contributed by atoms with Crippen molar-refractivity contribution in [3.8, 4) is 0 Å². The molecule has 1 aliphatic rings. The van der Waals surface area contributed by atoms with Crippen molar-refractivity contribution in [1.29, 1.82) is 0 Å². The SMILES string of the molecule is CC1Cc2nc(SCC=Cc3ccccc3)n(C)c(=O)c2S1. The van der Waals surface area contributed by atoms with Crippen LogP contribution in [0.25, 0.3) is 6.08 Å². The average Bonchev–Trinajstić information content (AvgIpc) is 2.90. The molecule has 1 aliphatic heterocycles. The molecule has 0 saturated carbocycles. The molecule has 22 heavy (non-hydrogen) atoms. The molecule has 0 aliphatic carbocycles. The molecule has 0 radical (unpaired) electrons. The van der Waals surface area contributed by atoms with Gasteiger partial charge in [0.15, 0.2) is 5.16 Å². The van der Waals surface area contributed by atoms with Crippen molar-refractivity contribution < 1.29 is 0 Å². The molecule has 1 aromatic carbocycles. The van der Waals surface area contributed by atoms with E-state index < -0.39 is 0 Å². The second-order valence-corrected chi connectivity index (χ2v) is 7.73. The Morgan fingerprint density at radius 3 is 2.95 bits per heavy atom. The Bertz CT molecular complexity index is 753. The van der Waals surface area contributed by atoms with E-state index in [0.717, 1.165) is 27.9 Å². The van der Waals surface area contributed by atoms with E-state index in [2.05, 4.69) is 36.2 Å². The van der Waals surface area contributed by atoms with Crippen molar-refractivity contribution >= 4 is 29.6 Å². The van der Waals surface area contributed by atoms with Gasteiger partial charge in [-0.15, -0.1) is 11.8 Å². The van der Waals surface area contributed by atoms with Gasteiger partial charge in [-0.25, -0.2) is 4.98 Å². The lowest BCUT2D eigenvalue weighted by molar-refractivity contribution is 0.666. The molecule has 0 bridgehead atoms. The molecule has 2 aromatic rings. The molecule has 0 fully saturated rings. The van der Waals surface area contributed by atoms with Crippen LogP contribution in [-0.2, 0) is 13.5 Å². The van der Waals surface area contributed by atoms with Crippen molar-refractivity contribution in [1.82, 2.24) is 9.55 Å². The van der Waals surface area contributed by atoms with Gasteiger partial charge in [0.1, 0.15) is 0 Å². The van der Waals surface area contributed by atoms with Crippen LogP contribution in [0.5, 0.6) is 0 Å². The van der Waals surface area contributed by atoms with Crippen molar-refractivity contribution in [2.75, 3.05) is 5.75 Å². The highest BCUT2D eigenvalue weighted by Gasteiger charge is 2.25. The molecule has 3 nitrogen and oxygen atoms in total. The Balaban J connectivity index is 1.71. The number of hydrogen-bond acceptors (Lipinski definition) is 4. The van der Waals surface area contributed by atoms with E-state index in [1.807, 2.05) is 25.2 Å². The van der Waals surface area contributed by atoms with Crippen LogP contribution in [0.15, 0.2) is 51.3 Å². The van der Waals surface area contributed by atoms with Crippen LogP contribution in [0.1, 0.15) is 18.2 Å². The molecule has 5 heteroatoms. The van der Waals surface area contributed by atoms with Crippen molar-refractivity contribution in [2.45, 2.75) is 28.6 Å². The number of aromatic nitrogens is 2. The van der Waals surface area contributed by atoms with Gasteiger partial charge in [-0.1, -0.05) is 61.2 Å². The predicted molar refractivity (Wildman–Crippen MR) is 94.7 cm³/mol. The maximum Gasteiger partial charge on any atom is 0.267 e. The van der Waals surface area contributed by atoms with E-state index in [9.17, 15) is 4.79 Å². The molecule has 0 spiro atoms. The summed E-state index contributed by atoms with van der Waals surface area (Å²) < 4.78 is 1.67. The van der Waals surface area contributed by atoms with Gasteiger partial charge in [0.25, 0.3) is 5.56 Å². The Morgan fingerprint density at radius 1 is 1.41 bits per heavy atom. The van der Waals surface area contributed by atoms with Crippen LogP contribution >= 0.6 is 23.5 Å². The van der Waals surface area contributed by atoms with E-state index in [1.54, 1.807) is 28.1 Å². The number of benzene rings is 1. The lowest BCUT2D eigenvalue weighted by atomic mass is 10.2. The van der Waals surface area contributed by atoms with E-state index in [1.165, 1.54) is 5.56 Å². The summed E-state index contributed by atoms with van der Waals surface area (Å²) in [5.74, 6) is 0.802. The Hall–Kier alpha value is -1.46. The smallest absolute Gasteiger partial charge is 0.267 e. The third-order valence-corrected chi connectivity index (χ3v) is 5.69. The largest absolute Gasteiger partial charge is 0.290 e. The first kappa shape index (κ1) is 15.4. The fourth-order valence-corrected chi connectivity index (χ4v) is 4.32. The maximum atomic E-state index is 12.4. The monoisotopic (exact) mass is 330 g/mol. The molecule has 3 rings (SSSR count). The summed E-state index contributed by atoms with van der Waals surface area (Å²) in [4.78, 5) is 17.9. The van der Waals surface area contributed by atoms with Crippen LogP contribution in [-0.4, -0.2) is 20.6 Å². The van der Waals surface area contributed by atoms with Crippen molar-refractivity contribution in [3.05, 3.63) is 58.0 Å². The van der Waals surface area contributed by atoms with Crippen molar-refractivity contribution in [3.63, 3.8) is 0 Å². The third-order valence-electron chi connectivity index (χ3n) is 3.50. The van der Waals surface area contributed by atoms with Crippen LogP contribution in [0.4, 0.5) is 0 Å². The van der Waals surface area contributed by atoms with Crippen LogP contribution in [0.3, 0.4) is 0 Å². The normalized spacial score (nSPS) is 17.1. The van der Waals surface area contributed by atoms with Crippen LogP contribution < -0.4 is 5.56 Å². The van der Waals surface area contributed by atoms with E-state index >= 15 is 0 Å². The summed E-state index contributed by atoms with van der Waals surface area (Å²) in [6.45, 7) is 2.14. The second kappa shape index (κ2) is 6.75. The summed E-state index contributed by atoms with van der Waals surface area (Å²) in [7, 11) is 1.81. The Kier molecular flexibility index (Phi) is 4.74. The standard InChI is InChI=1S/C17H18N2OS2/c1-12-11-14-15(22-12)16(20)19(2)17(18-14)21-10-6-9-13-7-4-3-5-8-13/h3-9,12H,10-11H2,1-2H3. The molecule has 1 unspecified atom stereocenters. The predicted octanol–water partition coefficient (Wildman–Crippen LogP) is 3.62. The lowest BCUT2D eigenvalue weighted by Gasteiger charge is -2.07. The van der Waals surface area contributed by atoms with Crippen molar-refractivity contribution in [2.24, 2.45) is 7.05 Å². The highest BCUT2D eigenvalue weighted by molar-refractivity contribution is 8.00. The summed E-state index contributed by atoms with van der Waals surface area (Å²) in [5, 5.41) is 1.25. The summed E-state index contributed by atoms with van der Waals surface area (Å²) in [6, 6.07) is 10.2. The van der Waals surface area contributed by atoms with Gasteiger partial charge in [0.05, 0.1) is 10.6 Å². The average molecular weight is 330 g/mol. The van der Waals surface area contributed by atoms with Crippen LogP contribution in [0.2, 0.25) is 0 Å². The van der Waals surface area contributed by atoms with Gasteiger partial charge in [0, 0.05) is 24.5 Å². The number of hydrogen-bond donors (Lipinski definition) is 0. The van der Waals surface area contributed by atoms with Crippen LogP contribution in [0, 0.1) is 0 Å². The summed E-state index contributed by atoms with van der Waals surface area (Å²) in [6.07, 6.45) is 5.09. The van der Waals surface area contributed by atoms with E-state index in [-0.39, 0.29) is 5.56 Å². The summed E-state index contributed by atoms with van der Waals surface area (Å²) >= 11 is 3.25. The molecule has 114 valence electrons. The van der Waals surface area contributed by atoms with Gasteiger partial charge in [-0.2, -0.15) is 0 Å². The number of thioether (sulfide) groups is 2. The number of rotatable bonds is 4. The minimum absolute atomic E-state index is 0.0916. The molecule has 2 heterocycles. The maximum absolute atomic E-state index is 12.4. The lowest BCUT2D eigenvalue weighted by Crippen LogP contribution is -2.22. The fourth-order valence-electron chi connectivity index (χ4n) is 2.38. The minimum Gasteiger partial charge on any atom is -0.290 e. The Morgan fingerprint density at radius 2 is 2.18 bits per heavy atom. The second-order valence-electron chi connectivity index (χ2n) is 5.29. The highest BCUT2D eigenvalue weighted by Crippen LogP contribution is 2.33. The number of nitrogens with zero attached hydrogens (tertiary/aromatic N) is 2. The number of fused-ring (bicyclic) bond motifs is 1.